The average molecular weight is 571 g/mol. The highest BCUT2D eigenvalue weighted by Crippen LogP contribution is 2.11. The van der Waals surface area contributed by atoms with Crippen LogP contribution in [0.2, 0.25) is 0 Å². The fourth-order valence-electron chi connectivity index (χ4n) is 4.27. The Morgan fingerprint density at radius 3 is 2.44 bits per heavy atom. The maximum atomic E-state index is 13.2. The van der Waals surface area contributed by atoms with Gasteiger partial charge in [0.2, 0.25) is 12.2 Å². The van der Waals surface area contributed by atoms with Gasteiger partial charge in [-0.3, -0.25) is 9.59 Å². The van der Waals surface area contributed by atoms with Gasteiger partial charge in [0.25, 0.3) is 0 Å². The summed E-state index contributed by atoms with van der Waals surface area (Å²) >= 11 is 5.50. The molecule has 4 aromatic rings. The Morgan fingerprint density at radius 1 is 0.976 bits per heavy atom. The van der Waals surface area contributed by atoms with Crippen LogP contribution in [0.4, 0.5) is 5.69 Å². The molecule has 0 unspecified atom stereocenters. The van der Waals surface area contributed by atoms with Gasteiger partial charge < -0.3 is 20.7 Å². The number of carbonyl (C=O) groups is 2. The molecule has 1 heterocycles. The van der Waals surface area contributed by atoms with Crippen molar-refractivity contribution in [2.24, 2.45) is 7.05 Å². The van der Waals surface area contributed by atoms with E-state index in [9.17, 15) is 9.59 Å². The van der Waals surface area contributed by atoms with E-state index >= 15 is 0 Å². The third kappa shape index (κ3) is 9.88. The third-order valence-electron chi connectivity index (χ3n) is 6.46. The molecule has 41 heavy (non-hydrogen) atoms. The van der Waals surface area contributed by atoms with Crippen LogP contribution in [-0.2, 0) is 41.1 Å². The highest BCUT2D eigenvalue weighted by atomic mass is 32.1. The first kappa shape index (κ1) is 29.5. The molecule has 8 nitrogen and oxygen atoms in total. The lowest BCUT2D eigenvalue weighted by Gasteiger charge is -2.20. The fraction of sp³-hybridized carbons (Fsp3) is 0.250. The van der Waals surface area contributed by atoms with Gasteiger partial charge in [0.05, 0.1) is 7.05 Å². The normalized spacial score (nSPS) is 11.4. The number of esters is 1. The van der Waals surface area contributed by atoms with E-state index < -0.39 is 6.04 Å². The Balaban J connectivity index is 1.33. The number of anilines is 1. The Morgan fingerprint density at radius 2 is 1.73 bits per heavy atom. The molecule has 9 heteroatoms. The van der Waals surface area contributed by atoms with Crippen LogP contribution < -0.4 is 20.5 Å². The van der Waals surface area contributed by atoms with Crippen molar-refractivity contribution in [2.75, 3.05) is 5.32 Å². The molecule has 3 aromatic carbocycles. The molecule has 4 rings (SSSR count). The summed E-state index contributed by atoms with van der Waals surface area (Å²) in [5.74, 6) is -0.629. The van der Waals surface area contributed by atoms with Crippen LogP contribution in [0, 0.1) is 6.92 Å². The molecule has 0 aliphatic carbocycles. The zero-order valence-corrected chi connectivity index (χ0v) is 24.2. The highest BCUT2D eigenvalue weighted by Gasteiger charge is 2.21. The van der Waals surface area contributed by atoms with Crippen molar-refractivity contribution in [3.63, 3.8) is 0 Å². The number of nitrogens with one attached hydrogen (secondary N) is 3. The maximum Gasteiger partial charge on any atom is 0.306 e. The van der Waals surface area contributed by atoms with Crippen LogP contribution in [0.3, 0.4) is 0 Å². The molecule has 3 N–H and O–H groups in total. The molecule has 212 valence electrons. The minimum atomic E-state index is -0.724. The van der Waals surface area contributed by atoms with Crippen LogP contribution in [0.5, 0.6) is 0 Å². The van der Waals surface area contributed by atoms with E-state index in [1.54, 1.807) is 0 Å². The number of aryl methyl sites for hydroxylation is 2. The van der Waals surface area contributed by atoms with Crippen molar-refractivity contribution in [2.45, 2.75) is 45.5 Å². The van der Waals surface area contributed by atoms with E-state index in [0.717, 1.165) is 34.5 Å². The fourth-order valence-corrected chi connectivity index (χ4v) is 4.53. The van der Waals surface area contributed by atoms with Crippen molar-refractivity contribution in [3.05, 3.63) is 120 Å². The summed E-state index contributed by atoms with van der Waals surface area (Å²) < 4.78 is 9.51. The lowest BCUT2D eigenvalue weighted by Crippen LogP contribution is -2.48. The van der Waals surface area contributed by atoms with E-state index in [4.69, 9.17) is 17.0 Å². The van der Waals surface area contributed by atoms with Crippen molar-refractivity contribution >= 4 is 34.9 Å². The molecule has 1 amide bonds. The summed E-state index contributed by atoms with van der Waals surface area (Å²) in [6.45, 7) is 3.31. The number of ether oxygens (including phenoxy) is 1. The van der Waals surface area contributed by atoms with Crippen molar-refractivity contribution in [3.8, 4) is 0 Å². The molecular formula is C32H36N5O3S+. The third-order valence-corrected chi connectivity index (χ3v) is 6.68. The summed E-state index contributed by atoms with van der Waals surface area (Å²) in [5.41, 5.74) is 4.95. The highest BCUT2D eigenvalue weighted by molar-refractivity contribution is 7.80. The number of carbonyl (C=O) groups excluding carboxylic acids is 2. The van der Waals surface area contributed by atoms with Crippen LogP contribution in [0.15, 0.2) is 97.6 Å². The van der Waals surface area contributed by atoms with E-state index in [1.165, 1.54) is 0 Å². The van der Waals surface area contributed by atoms with E-state index in [-0.39, 0.29) is 31.3 Å². The lowest BCUT2D eigenvalue weighted by atomic mass is 10.1. The van der Waals surface area contributed by atoms with E-state index in [2.05, 4.69) is 32.7 Å². The first-order valence-electron chi connectivity index (χ1n) is 13.5. The average Bonchev–Trinajstić information content (AvgIpc) is 3.38. The van der Waals surface area contributed by atoms with E-state index in [1.807, 2.05) is 104 Å². The van der Waals surface area contributed by atoms with Gasteiger partial charge in [-0.2, -0.15) is 0 Å². The topological polar surface area (TPSA) is 88.3 Å². The molecule has 1 aromatic heterocycles. The Hall–Kier alpha value is -4.50. The van der Waals surface area contributed by atoms with Gasteiger partial charge in [0, 0.05) is 18.7 Å². The maximum absolute atomic E-state index is 13.2. The van der Waals surface area contributed by atoms with Crippen LogP contribution in [-0.4, -0.2) is 27.6 Å². The molecule has 0 saturated carbocycles. The van der Waals surface area contributed by atoms with Gasteiger partial charge in [-0.15, -0.1) is 0 Å². The molecule has 0 fully saturated rings. The minimum absolute atomic E-state index is 0.0663. The zero-order valence-electron chi connectivity index (χ0n) is 23.4. The number of imidazole rings is 1. The predicted octanol–water partition coefficient (Wildman–Crippen LogP) is 4.16. The smallest absolute Gasteiger partial charge is 0.306 e. The van der Waals surface area contributed by atoms with Crippen LogP contribution in [0.1, 0.15) is 35.1 Å². The minimum Gasteiger partial charge on any atom is -0.461 e. The summed E-state index contributed by atoms with van der Waals surface area (Å²) in [4.78, 5) is 25.7. The summed E-state index contributed by atoms with van der Waals surface area (Å²) in [6, 6.07) is 24.7. The monoisotopic (exact) mass is 570 g/mol. The molecule has 0 aliphatic rings. The molecule has 0 aliphatic heterocycles. The molecule has 1 atom stereocenters. The Kier molecular flexibility index (Phi) is 10.6. The zero-order chi connectivity index (χ0) is 29.0. The van der Waals surface area contributed by atoms with Gasteiger partial charge in [0.15, 0.2) is 5.11 Å². The van der Waals surface area contributed by atoms with Crippen molar-refractivity contribution in [1.82, 2.24) is 15.2 Å². The molecular weight excluding hydrogens is 534 g/mol. The first-order valence-corrected chi connectivity index (χ1v) is 13.9. The largest absolute Gasteiger partial charge is 0.461 e. The first-order chi connectivity index (χ1) is 19.8. The van der Waals surface area contributed by atoms with Crippen LogP contribution >= 0.6 is 12.2 Å². The second kappa shape index (κ2) is 14.8. The van der Waals surface area contributed by atoms with Gasteiger partial charge >= 0.3 is 5.97 Å². The number of thiocarbonyl (C=S) groups is 1. The Labute approximate surface area is 246 Å². The van der Waals surface area contributed by atoms with Gasteiger partial charge in [-0.05, 0) is 59.9 Å². The Bertz CT molecular complexity index is 1450. The number of rotatable bonds is 12. The SMILES string of the molecule is Cc1cccc(NC(=S)N[C@@H](CCC(=O)OCc2ccccc2)C(=O)NCc2ccc(Cn3cc[n+](C)c3)cc2)c1. The number of benzene rings is 3. The second-order valence-electron chi connectivity index (χ2n) is 9.99. The second-order valence-corrected chi connectivity index (χ2v) is 10.4. The number of amides is 1. The summed E-state index contributed by atoms with van der Waals surface area (Å²) in [5, 5.41) is 9.49. The number of hydrogen-bond donors (Lipinski definition) is 3. The summed E-state index contributed by atoms with van der Waals surface area (Å²) in [7, 11) is 1.99. The molecule has 0 bridgehead atoms. The standard InChI is InChI=1S/C32H35N5O3S/c1-24-7-6-10-28(19-24)34-32(41)35-29(15-16-30(38)40-22-27-8-4-3-5-9-27)31(39)33-20-25-11-13-26(14-12-25)21-37-18-17-36(2)23-37/h3-14,17-19,23,29H,15-16,20-22H2,1-2H3,(H2-,33,34,35,39,41)/p+1/t29-/m0/s1. The van der Waals surface area contributed by atoms with Gasteiger partial charge in [-0.1, -0.05) is 66.7 Å². The predicted molar refractivity (Wildman–Crippen MR) is 163 cm³/mol. The number of aromatic nitrogens is 2. The molecule has 0 radical (unpaired) electrons. The van der Waals surface area contributed by atoms with Crippen molar-refractivity contribution in [1.29, 1.82) is 0 Å². The number of nitrogens with zero attached hydrogens (tertiary/aromatic N) is 2. The lowest BCUT2D eigenvalue weighted by molar-refractivity contribution is -0.671. The summed E-state index contributed by atoms with van der Waals surface area (Å²) in [6.07, 6.45) is 6.34. The van der Waals surface area contributed by atoms with E-state index in [0.29, 0.717) is 11.7 Å². The van der Waals surface area contributed by atoms with Gasteiger partial charge in [0.1, 0.15) is 31.6 Å². The van der Waals surface area contributed by atoms with Crippen LogP contribution in [0.25, 0.3) is 0 Å². The quantitative estimate of drug-likeness (QED) is 0.135. The van der Waals surface area contributed by atoms with Gasteiger partial charge in [-0.25, -0.2) is 9.13 Å². The molecule has 0 spiro atoms. The van der Waals surface area contributed by atoms with Crippen molar-refractivity contribution < 1.29 is 18.9 Å². The number of hydrogen-bond acceptors (Lipinski definition) is 4. The molecule has 0 saturated heterocycles.